The molecule has 2 N–H and O–H groups in total. The third-order valence-electron chi connectivity index (χ3n) is 1.46. The predicted molar refractivity (Wildman–Crippen MR) is 38.8 cm³/mol. The molecule has 2 rings (SSSR count). The molecule has 0 unspecified atom stereocenters. The topological polar surface area (TPSA) is 36.0 Å². The third kappa shape index (κ3) is 0.658. The van der Waals surface area contributed by atoms with Crippen molar-refractivity contribution in [3.05, 3.63) is 30.5 Å². The van der Waals surface area contributed by atoms with Crippen LogP contribution in [-0.2, 0) is 0 Å². The molecule has 10 heavy (non-hydrogen) atoms. The van der Waals surface area contributed by atoms with E-state index in [2.05, 4.69) is 11.1 Å². The highest BCUT2D eigenvalue weighted by molar-refractivity contribution is 5.79. The van der Waals surface area contributed by atoms with Crippen molar-refractivity contribution in [1.82, 2.24) is 4.98 Å². The summed E-state index contributed by atoms with van der Waals surface area (Å²) in [6, 6.07) is 8.12. The number of rotatable bonds is 0. The molecular formula is C8H6NO. The Labute approximate surface area is 58.1 Å². The van der Waals surface area contributed by atoms with Gasteiger partial charge in [0.25, 0.3) is 0 Å². The molecule has 2 heteroatoms. The van der Waals surface area contributed by atoms with Crippen molar-refractivity contribution in [2.45, 2.75) is 0 Å². The molecule has 0 bridgehead atoms. The zero-order chi connectivity index (χ0) is 6.97. The normalized spacial score (nSPS) is 10.4. The molecule has 0 amide bonds. The molecule has 0 saturated heterocycles. The maximum absolute atomic E-state index is 9.01. The second-order valence-corrected chi connectivity index (χ2v) is 2.16. The van der Waals surface area contributed by atoms with Crippen LogP contribution in [-0.4, -0.2) is 10.1 Å². The minimum Gasteiger partial charge on any atom is -0.508 e. The average Bonchev–Trinajstić information content (AvgIpc) is 2.33. The van der Waals surface area contributed by atoms with Crippen LogP contribution in [0.3, 0.4) is 0 Å². The Morgan fingerprint density at radius 3 is 3.20 bits per heavy atom. The number of phenols is 1. The number of H-pyrrole nitrogens is 1. The second kappa shape index (κ2) is 1.77. The zero-order valence-corrected chi connectivity index (χ0v) is 5.26. The van der Waals surface area contributed by atoms with Gasteiger partial charge in [-0.1, -0.05) is 0 Å². The van der Waals surface area contributed by atoms with Crippen LogP contribution in [0.1, 0.15) is 0 Å². The van der Waals surface area contributed by atoms with E-state index in [1.807, 2.05) is 6.07 Å². The highest BCUT2D eigenvalue weighted by atomic mass is 16.3. The molecule has 0 spiro atoms. The van der Waals surface area contributed by atoms with Crippen LogP contribution < -0.4 is 0 Å². The van der Waals surface area contributed by atoms with Gasteiger partial charge in [-0.15, -0.1) is 0 Å². The van der Waals surface area contributed by atoms with E-state index in [4.69, 9.17) is 5.11 Å². The summed E-state index contributed by atoms with van der Waals surface area (Å²) in [5.41, 5.74) is 0.917. The number of hydrogen-bond acceptors (Lipinski definition) is 1. The number of aromatic hydroxyl groups is 1. The lowest BCUT2D eigenvalue weighted by molar-refractivity contribution is 0.476. The van der Waals surface area contributed by atoms with Crippen LogP contribution in [0.25, 0.3) is 10.9 Å². The number of phenolic OH excluding ortho intramolecular Hbond substituents is 1. The van der Waals surface area contributed by atoms with E-state index >= 15 is 0 Å². The van der Waals surface area contributed by atoms with Crippen LogP contribution in [0, 0.1) is 6.07 Å². The van der Waals surface area contributed by atoms with Crippen molar-refractivity contribution >= 4 is 10.9 Å². The molecule has 2 aromatic rings. The van der Waals surface area contributed by atoms with Gasteiger partial charge < -0.3 is 10.1 Å². The van der Waals surface area contributed by atoms with Crippen molar-refractivity contribution in [2.24, 2.45) is 0 Å². The molecule has 0 aliphatic carbocycles. The van der Waals surface area contributed by atoms with E-state index in [1.165, 1.54) is 0 Å². The summed E-state index contributed by atoms with van der Waals surface area (Å²) in [5, 5.41) is 10.0. The molecule has 1 aromatic heterocycles. The minimum absolute atomic E-state index is 0.281. The summed E-state index contributed by atoms with van der Waals surface area (Å²) in [4.78, 5) is 2.94. The van der Waals surface area contributed by atoms with Crippen molar-refractivity contribution in [2.75, 3.05) is 0 Å². The van der Waals surface area contributed by atoms with E-state index in [1.54, 1.807) is 18.3 Å². The highest BCUT2D eigenvalue weighted by Gasteiger charge is 1.93. The lowest BCUT2D eigenvalue weighted by atomic mass is 10.2. The number of fused-ring (bicyclic) bond motifs is 1. The Morgan fingerprint density at radius 2 is 2.30 bits per heavy atom. The van der Waals surface area contributed by atoms with E-state index < -0.39 is 0 Å². The van der Waals surface area contributed by atoms with Crippen LogP contribution in [0.15, 0.2) is 24.4 Å². The molecule has 0 aliphatic rings. The number of benzene rings is 1. The van der Waals surface area contributed by atoms with Gasteiger partial charge in [0.2, 0.25) is 0 Å². The first kappa shape index (κ1) is 5.35. The quantitative estimate of drug-likeness (QED) is 0.562. The van der Waals surface area contributed by atoms with Crippen molar-refractivity contribution in [1.29, 1.82) is 0 Å². The second-order valence-electron chi connectivity index (χ2n) is 2.16. The largest absolute Gasteiger partial charge is 0.508 e. The molecule has 1 aromatic carbocycles. The average molecular weight is 132 g/mol. The summed E-state index contributed by atoms with van der Waals surface area (Å²) in [5.74, 6) is 0.281. The first-order valence-electron chi connectivity index (χ1n) is 3.04. The lowest BCUT2D eigenvalue weighted by Crippen LogP contribution is -1.65. The maximum atomic E-state index is 9.01. The lowest BCUT2D eigenvalue weighted by Gasteiger charge is -1.89. The van der Waals surface area contributed by atoms with Crippen molar-refractivity contribution in [3.63, 3.8) is 0 Å². The summed E-state index contributed by atoms with van der Waals surface area (Å²) >= 11 is 0. The van der Waals surface area contributed by atoms with Crippen LogP contribution in [0.2, 0.25) is 0 Å². The van der Waals surface area contributed by atoms with Gasteiger partial charge in [0, 0.05) is 29.2 Å². The monoisotopic (exact) mass is 132 g/mol. The number of hydrogen-bond donors (Lipinski definition) is 2. The smallest absolute Gasteiger partial charge is 0.117 e. The Kier molecular flexibility index (Phi) is 0.947. The van der Waals surface area contributed by atoms with Gasteiger partial charge in [-0.3, -0.25) is 0 Å². The molecule has 0 aliphatic heterocycles. The van der Waals surface area contributed by atoms with E-state index in [-0.39, 0.29) is 5.75 Å². The fraction of sp³-hybridized carbons (Fsp3) is 0. The van der Waals surface area contributed by atoms with Gasteiger partial charge in [-0.2, -0.15) is 0 Å². The minimum atomic E-state index is 0.281. The first-order valence-corrected chi connectivity index (χ1v) is 3.04. The van der Waals surface area contributed by atoms with Crippen LogP contribution in [0.5, 0.6) is 5.75 Å². The summed E-state index contributed by atoms with van der Waals surface area (Å²) in [7, 11) is 0. The predicted octanol–water partition coefficient (Wildman–Crippen LogP) is 1.67. The first-order chi connectivity index (χ1) is 4.86. The zero-order valence-electron chi connectivity index (χ0n) is 5.26. The SMILES string of the molecule is Oc1ccc2[c]c[nH]c2c1. The molecule has 49 valence electrons. The van der Waals surface area contributed by atoms with Crippen LogP contribution >= 0.6 is 0 Å². The van der Waals surface area contributed by atoms with E-state index in [9.17, 15) is 0 Å². The molecule has 0 atom stereocenters. The van der Waals surface area contributed by atoms with Crippen molar-refractivity contribution in [3.8, 4) is 5.75 Å². The Balaban J connectivity index is 2.86. The Hall–Kier alpha value is -1.44. The van der Waals surface area contributed by atoms with Crippen LogP contribution in [0.4, 0.5) is 0 Å². The summed E-state index contributed by atoms with van der Waals surface area (Å²) in [6.07, 6.45) is 1.73. The Bertz CT molecular complexity index is 351. The van der Waals surface area contributed by atoms with Gasteiger partial charge in [-0.05, 0) is 12.1 Å². The van der Waals surface area contributed by atoms with Gasteiger partial charge in [0.15, 0.2) is 0 Å². The van der Waals surface area contributed by atoms with Crippen molar-refractivity contribution < 1.29 is 5.11 Å². The fourth-order valence-electron chi connectivity index (χ4n) is 0.969. The summed E-state index contributed by atoms with van der Waals surface area (Å²) in [6.45, 7) is 0. The van der Waals surface area contributed by atoms with Gasteiger partial charge in [-0.25, -0.2) is 0 Å². The van der Waals surface area contributed by atoms with E-state index in [0.29, 0.717) is 0 Å². The molecule has 1 radical (unpaired) electrons. The maximum Gasteiger partial charge on any atom is 0.117 e. The molecule has 0 fully saturated rings. The van der Waals surface area contributed by atoms with Gasteiger partial charge in [0.1, 0.15) is 5.75 Å². The molecule has 0 saturated carbocycles. The number of nitrogens with one attached hydrogen (secondary N) is 1. The highest BCUT2D eigenvalue weighted by Crippen LogP contribution is 2.16. The standard InChI is InChI=1S/C8H6NO/c10-7-2-1-6-3-4-9-8(6)5-7/h1-2,4-5,9-10H. The summed E-state index contributed by atoms with van der Waals surface area (Å²) < 4.78 is 0. The van der Waals surface area contributed by atoms with Gasteiger partial charge >= 0.3 is 0 Å². The molecule has 2 nitrogen and oxygen atoms in total. The fourth-order valence-corrected chi connectivity index (χ4v) is 0.969. The Morgan fingerprint density at radius 1 is 1.40 bits per heavy atom. The van der Waals surface area contributed by atoms with E-state index in [0.717, 1.165) is 10.9 Å². The third-order valence-corrected chi connectivity index (χ3v) is 1.46. The number of aromatic amines is 1. The molecule has 1 heterocycles. The number of aromatic nitrogens is 1. The molecular weight excluding hydrogens is 126 g/mol. The van der Waals surface area contributed by atoms with Gasteiger partial charge in [0.05, 0.1) is 0 Å².